The van der Waals surface area contributed by atoms with Gasteiger partial charge < -0.3 is 15.8 Å². The van der Waals surface area contributed by atoms with Gasteiger partial charge >= 0.3 is 0 Å². The summed E-state index contributed by atoms with van der Waals surface area (Å²) in [5.74, 6) is 0.881. The van der Waals surface area contributed by atoms with E-state index in [0.717, 1.165) is 35.3 Å². The lowest BCUT2D eigenvalue weighted by molar-refractivity contribution is -0.131. The number of methoxy groups -OCH3 is 1. The molecule has 1 atom stereocenters. The van der Waals surface area contributed by atoms with E-state index < -0.39 is 5.41 Å². The number of rotatable bonds is 8. The number of hydrogen-bond donors (Lipinski definition) is 2. The van der Waals surface area contributed by atoms with Crippen LogP contribution in [0.5, 0.6) is 5.75 Å². The average molecular weight is 391 g/mol. The van der Waals surface area contributed by atoms with Crippen LogP contribution in [0.15, 0.2) is 48.5 Å². The van der Waals surface area contributed by atoms with Crippen LogP contribution in [-0.2, 0) is 4.79 Å². The van der Waals surface area contributed by atoms with E-state index in [1.807, 2.05) is 45.0 Å². The number of amides is 1. The van der Waals surface area contributed by atoms with E-state index >= 15 is 0 Å². The van der Waals surface area contributed by atoms with E-state index in [1.165, 1.54) is 0 Å². The first-order chi connectivity index (χ1) is 12.5. The number of nitrogens with one attached hydrogen (secondary N) is 1. The molecule has 0 radical (unpaired) electrons. The first-order valence-electron chi connectivity index (χ1n) is 9.25. The molecule has 0 heterocycles. The largest absolute Gasteiger partial charge is 0.496 e. The van der Waals surface area contributed by atoms with Crippen molar-refractivity contribution in [2.24, 2.45) is 11.1 Å². The smallest absolute Gasteiger partial charge is 0.227 e. The number of carbonyl (C=O) groups is 1. The van der Waals surface area contributed by atoms with Crippen molar-refractivity contribution in [3.63, 3.8) is 0 Å². The van der Waals surface area contributed by atoms with Gasteiger partial charge in [0.2, 0.25) is 5.91 Å². The number of nitrogens with two attached hydrogens (primary N) is 1. The van der Waals surface area contributed by atoms with Gasteiger partial charge in [0.05, 0.1) is 18.6 Å². The maximum atomic E-state index is 12.7. The highest BCUT2D eigenvalue weighted by atomic mass is 35.5. The molecule has 2 aromatic carbocycles. The molecule has 4 nitrogen and oxygen atoms in total. The average Bonchev–Trinajstić information content (AvgIpc) is 2.69. The van der Waals surface area contributed by atoms with Crippen LogP contribution in [0.4, 0.5) is 0 Å². The summed E-state index contributed by atoms with van der Waals surface area (Å²) in [6.45, 7) is 6.40. The van der Waals surface area contributed by atoms with Crippen LogP contribution in [0.1, 0.15) is 45.2 Å². The molecule has 3 N–H and O–H groups in total. The predicted molar refractivity (Wildman–Crippen MR) is 114 cm³/mol. The molecule has 2 rings (SSSR count). The van der Waals surface area contributed by atoms with Crippen molar-refractivity contribution in [3.8, 4) is 16.9 Å². The van der Waals surface area contributed by atoms with Gasteiger partial charge in [-0.15, -0.1) is 12.4 Å². The Morgan fingerprint density at radius 3 is 2.22 bits per heavy atom. The second kappa shape index (κ2) is 10.3. The van der Waals surface area contributed by atoms with Crippen molar-refractivity contribution in [2.75, 3.05) is 13.7 Å². The minimum absolute atomic E-state index is 0. The molecule has 0 saturated carbocycles. The predicted octanol–water partition coefficient (Wildman–Crippen LogP) is 4.73. The van der Waals surface area contributed by atoms with Crippen LogP contribution in [0, 0.1) is 5.41 Å². The Kier molecular flexibility index (Phi) is 8.80. The van der Waals surface area contributed by atoms with Gasteiger partial charge in [0, 0.05) is 12.1 Å². The van der Waals surface area contributed by atoms with Crippen LogP contribution in [0.25, 0.3) is 11.1 Å². The number of benzene rings is 2. The highest BCUT2D eigenvalue weighted by Crippen LogP contribution is 2.31. The maximum Gasteiger partial charge on any atom is 0.227 e. The van der Waals surface area contributed by atoms with Gasteiger partial charge in [-0.25, -0.2) is 0 Å². The van der Waals surface area contributed by atoms with Gasteiger partial charge in [-0.2, -0.15) is 0 Å². The molecular weight excluding hydrogens is 360 g/mol. The second-order valence-corrected chi connectivity index (χ2v) is 6.71. The van der Waals surface area contributed by atoms with Crippen molar-refractivity contribution in [1.82, 2.24) is 5.32 Å². The number of hydrogen-bond acceptors (Lipinski definition) is 3. The molecule has 0 bridgehead atoms. The molecular formula is C22H31ClN2O2. The van der Waals surface area contributed by atoms with Gasteiger partial charge in [0.15, 0.2) is 0 Å². The molecule has 0 spiro atoms. The van der Waals surface area contributed by atoms with E-state index in [-0.39, 0.29) is 24.4 Å². The molecule has 0 aromatic heterocycles. The van der Waals surface area contributed by atoms with Gasteiger partial charge in [0.1, 0.15) is 5.75 Å². The molecule has 1 unspecified atom stereocenters. The van der Waals surface area contributed by atoms with Crippen LogP contribution < -0.4 is 15.8 Å². The molecule has 148 valence electrons. The third-order valence-corrected chi connectivity index (χ3v) is 5.40. The van der Waals surface area contributed by atoms with E-state index in [2.05, 4.69) is 29.6 Å². The van der Waals surface area contributed by atoms with E-state index in [4.69, 9.17) is 10.5 Å². The fraction of sp³-hybridized carbons (Fsp3) is 0.409. The summed E-state index contributed by atoms with van der Waals surface area (Å²) < 4.78 is 5.44. The standard InChI is InChI=1S/C22H30N2O2.ClH/c1-5-22(6-2,15-23)21(25)24-16(3)17-11-13-18(14-12-17)19-9-7-8-10-20(19)26-4;/h7-14,16H,5-6,15,23H2,1-4H3,(H,24,25);1H. The molecule has 0 saturated heterocycles. The number of carbonyl (C=O) groups excluding carboxylic acids is 1. The summed E-state index contributed by atoms with van der Waals surface area (Å²) in [6, 6.07) is 16.1. The third-order valence-electron chi connectivity index (χ3n) is 5.40. The van der Waals surface area contributed by atoms with Crippen molar-refractivity contribution < 1.29 is 9.53 Å². The zero-order valence-corrected chi connectivity index (χ0v) is 17.4. The summed E-state index contributed by atoms with van der Waals surface area (Å²) in [4.78, 5) is 12.7. The summed E-state index contributed by atoms with van der Waals surface area (Å²) in [5.41, 5.74) is 8.61. The molecule has 27 heavy (non-hydrogen) atoms. The molecule has 1 amide bonds. The highest BCUT2D eigenvalue weighted by molar-refractivity contribution is 5.85. The number of para-hydroxylation sites is 1. The number of halogens is 1. The van der Waals surface area contributed by atoms with Gasteiger partial charge in [-0.05, 0) is 37.0 Å². The van der Waals surface area contributed by atoms with E-state index in [9.17, 15) is 4.79 Å². The Balaban J connectivity index is 0.00000364. The molecule has 0 aliphatic rings. The lowest BCUT2D eigenvalue weighted by Crippen LogP contribution is -2.46. The maximum absolute atomic E-state index is 12.7. The molecule has 5 heteroatoms. The monoisotopic (exact) mass is 390 g/mol. The van der Waals surface area contributed by atoms with Crippen LogP contribution in [0.2, 0.25) is 0 Å². The summed E-state index contributed by atoms with van der Waals surface area (Å²) in [5, 5.41) is 3.13. The minimum Gasteiger partial charge on any atom is -0.496 e. The van der Waals surface area contributed by atoms with Gasteiger partial charge in [-0.1, -0.05) is 56.3 Å². The Morgan fingerprint density at radius 1 is 1.11 bits per heavy atom. The highest BCUT2D eigenvalue weighted by Gasteiger charge is 2.34. The zero-order chi connectivity index (χ0) is 19.2. The normalized spacial score (nSPS) is 12.0. The quantitative estimate of drug-likeness (QED) is 0.685. The SMILES string of the molecule is CCC(CC)(CN)C(=O)NC(C)c1ccc(-c2ccccc2OC)cc1.Cl. The van der Waals surface area contributed by atoms with Crippen molar-refractivity contribution in [3.05, 3.63) is 54.1 Å². The Labute approximate surface area is 168 Å². The van der Waals surface area contributed by atoms with Crippen molar-refractivity contribution >= 4 is 18.3 Å². The lowest BCUT2D eigenvalue weighted by Gasteiger charge is -2.30. The zero-order valence-electron chi connectivity index (χ0n) is 16.6. The summed E-state index contributed by atoms with van der Waals surface area (Å²) in [6.07, 6.45) is 1.48. The summed E-state index contributed by atoms with van der Waals surface area (Å²) in [7, 11) is 1.68. The fourth-order valence-electron chi connectivity index (χ4n) is 3.22. The second-order valence-electron chi connectivity index (χ2n) is 6.71. The fourth-order valence-corrected chi connectivity index (χ4v) is 3.22. The van der Waals surface area contributed by atoms with Crippen LogP contribution in [0.3, 0.4) is 0 Å². The topological polar surface area (TPSA) is 64.4 Å². The van der Waals surface area contributed by atoms with Crippen molar-refractivity contribution in [1.29, 1.82) is 0 Å². The van der Waals surface area contributed by atoms with Crippen LogP contribution in [-0.4, -0.2) is 19.6 Å². The Morgan fingerprint density at radius 2 is 1.70 bits per heavy atom. The molecule has 2 aromatic rings. The van der Waals surface area contributed by atoms with E-state index in [1.54, 1.807) is 7.11 Å². The molecule has 0 aliphatic heterocycles. The lowest BCUT2D eigenvalue weighted by atomic mass is 9.81. The molecule has 0 aliphatic carbocycles. The Hall–Kier alpha value is -2.04. The number of ether oxygens (including phenoxy) is 1. The van der Waals surface area contributed by atoms with E-state index in [0.29, 0.717) is 6.54 Å². The van der Waals surface area contributed by atoms with Crippen molar-refractivity contribution in [2.45, 2.75) is 39.7 Å². The first-order valence-corrected chi connectivity index (χ1v) is 9.25. The van der Waals surface area contributed by atoms with Gasteiger partial charge in [0.25, 0.3) is 0 Å². The first kappa shape index (κ1) is 23.0. The van der Waals surface area contributed by atoms with Gasteiger partial charge in [-0.3, -0.25) is 4.79 Å². The molecule has 0 fully saturated rings. The third kappa shape index (κ3) is 5.02. The minimum atomic E-state index is -0.481. The summed E-state index contributed by atoms with van der Waals surface area (Å²) >= 11 is 0. The Bertz CT molecular complexity index is 719. The van der Waals surface area contributed by atoms with Crippen LogP contribution >= 0.6 is 12.4 Å².